The fourth-order valence-corrected chi connectivity index (χ4v) is 2.87. The number of aryl methyl sites for hydroxylation is 1. The van der Waals surface area contributed by atoms with Gasteiger partial charge in [-0.25, -0.2) is 4.98 Å². The Morgan fingerprint density at radius 1 is 1.19 bits per heavy atom. The minimum atomic E-state index is -4.47. The van der Waals surface area contributed by atoms with E-state index in [0.717, 1.165) is 18.3 Å². The number of hydrogen-bond acceptors (Lipinski definition) is 5. The third kappa shape index (κ3) is 6.17. The second-order valence-corrected chi connectivity index (χ2v) is 7.34. The summed E-state index contributed by atoms with van der Waals surface area (Å²) in [5.41, 5.74) is 1.40. The largest absolute Gasteiger partial charge is 0.416 e. The number of alkyl halides is 3. The Morgan fingerprint density at radius 3 is 2.62 bits per heavy atom. The van der Waals surface area contributed by atoms with Crippen molar-refractivity contribution in [3.05, 3.63) is 66.5 Å². The number of aromatic nitrogens is 3. The maximum absolute atomic E-state index is 13.0. The first-order valence-electron chi connectivity index (χ1n) is 9.68. The van der Waals surface area contributed by atoms with Crippen LogP contribution in [0.1, 0.15) is 5.56 Å². The molecule has 0 radical (unpaired) electrons. The van der Waals surface area contributed by atoms with E-state index in [1.165, 1.54) is 6.08 Å². The highest BCUT2D eigenvalue weighted by Gasteiger charge is 2.30. The summed E-state index contributed by atoms with van der Waals surface area (Å²) >= 11 is 0. The predicted molar refractivity (Wildman–Crippen MR) is 117 cm³/mol. The second kappa shape index (κ2) is 9.65. The lowest BCUT2D eigenvalue weighted by atomic mass is 10.1. The van der Waals surface area contributed by atoms with Gasteiger partial charge in [0.25, 0.3) is 0 Å². The molecular weight excluding hydrogens is 421 g/mol. The maximum Gasteiger partial charge on any atom is 0.416 e. The minimum absolute atomic E-state index is 0.0420. The molecule has 168 valence electrons. The average Bonchev–Trinajstić information content (AvgIpc) is 3.14. The lowest BCUT2D eigenvalue weighted by molar-refractivity contribution is -0.137. The van der Waals surface area contributed by atoms with E-state index in [2.05, 4.69) is 20.7 Å². The summed E-state index contributed by atoms with van der Waals surface area (Å²) in [7, 11) is 5.55. The van der Waals surface area contributed by atoms with Crippen molar-refractivity contribution in [2.75, 3.05) is 31.3 Å². The fraction of sp³-hybridized carbons (Fsp3) is 0.227. The molecule has 0 fully saturated rings. The second-order valence-electron chi connectivity index (χ2n) is 7.34. The van der Waals surface area contributed by atoms with Gasteiger partial charge in [-0.15, -0.1) is 0 Å². The lowest BCUT2D eigenvalue weighted by Crippen LogP contribution is -2.13. The molecule has 2 N–H and O–H groups in total. The number of rotatable bonds is 7. The van der Waals surface area contributed by atoms with Crippen LogP contribution in [0.25, 0.3) is 11.3 Å². The molecule has 0 spiro atoms. The third-order valence-corrected chi connectivity index (χ3v) is 4.37. The van der Waals surface area contributed by atoms with Crippen molar-refractivity contribution < 1.29 is 18.0 Å². The summed E-state index contributed by atoms with van der Waals surface area (Å²) in [6, 6.07) is 8.63. The predicted octanol–water partition coefficient (Wildman–Crippen LogP) is 4.30. The highest BCUT2D eigenvalue weighted by Crippen LogP contribution is 2.34. The van der Waals surface area contributed by atoms with Crippen molar-refractivity contribution in [3.63, 3.8) is 0 Å². The number of nitrogens with zero attached hydrogens (tertiary/aromatic N) is 4. The third-order valence-electron chi connectivity index (χ3n) is 4.37. The van der Waals surface area contributed by atoms with E-state index in [9.17, 15) is 18.0 Å². The molecule has 32 heavy (non-hydrogen) atoms. The Morgan fingerprint density at radius 2 is 1.97 bits per heavy atom. The Bertz CT molecular complexity index is 1120. The summed E-state index contributed by atoms with van der Waals surface area (Å²) < 4.78 is 40.7. The Hall–Kier alpha value is -3.66. The van der Waals surface area contributed by atoms with Crippen LogP contribution in [0.4, 0.5) is 30.4 Å². The van der Waals surface area contributed by atoms with Gasteiger partial charge >= 0.3 is 6.18 Å². The van der Waals surface area contributed by atoms with Gasteiger partial charge in [0.1, 0.15) is 5.82 Å². The molecule has 0 saturated heterocycles. The van der Waals surface area contributed by atoms with Crippen LogP contribution >= 0.6 is 0 Å². The van der Waals surface area contributed by atoms with Gasteiger partial charge in [0.15, 0.2) is 0 Å². The van der Waals surface area contributed by atoms with Gasteiger partial charge in [-0.1, -0.05) is 6.08 Å². The first kappa shape index (κ1) is 23.0. The van der Waals surface area contributed by atoms with Gasteiger partial charge in [-0.05, 0) is 50.5 Å². The van der Waals surface area contributed by atoms with Gasteiger partial charge in [-0.2, -0.15) is 18.3 Å². The number of carbonyl (C=O) groups is 1. The SMILES string of the molecule is CN(C)C/C=C/C(=O)Nc1ccc(Nc2cc(C(F)(F)F)ccn2)c(-c2ccn(C)n2)c1. The van der Waals surface area contributed by atoms with Crippen LogP contribution in [-0.2, 0) is 18.0 Å². The van der Waals surface area contributed by atoms with Crippen molar-refractivity contribution in [1.29, 1.82) is 0 Å². The molecule has 2 heterocycles. The molecule has 2 aromatic heterocycles. The molecule has 0 saturated carbocycles. The first-order chi connectivity index (χ1) is 15.1. The molecule has 1 amide bonds. The number of anilines is 3. The fourth-order valence-electron chi connectivity index (χ4n) is 2.87. The standard InChI is InChI=1S/C22H23F3N6O/c1-30(2)11-4-5-21(32)27-16-6-7-18(17(14-16)19-9-12-31(3)29-19)28-20-13-15(8-10-26-20)22(23,24)25/h4-10,12-14H,11H2,1-3H3,(H,26,28)(H,27,32)/b5-4+. The molecule has 0 bridgehead atoms. The summed E-state index contributed by atoms with van der Waals surface area (Å²) in [6.07, 6.45) is 1.55. The normalized spacial score (nSPS) is 11.8. The Labute approximate surface area is 183 Å². The van der Waals surface area contributed by atoms with Crippen molar-refractivity contribution in [1.82, 2.24) is 19.7 Å². The summed E-state index contributed by atoms with van der Waals surface area (Å²) in [5.74, 6) is -0.250. The molecular formula is C22H23F3N6O. The number of amides is 1. The molecule has 0 aliphatic rings. The average molecular weight is 444 g/mol. The Balaban J connectivity index is 1.90. The molecule has 3 aromatic rings. The van der Waals surface area contributed by atoms with Crippen LogP contribution in [0.2, 0.25) is 0 Å². The zero-order chi connectivity index (χ0) is 23.3. The van der Waals surface area contributed by atoms with Crippen molar-refractivity contribution in [3.8, 4) is 11.3 Å². The molecule has 0 aliphatic heterocycles. The number of likely N-dealkylation sites (N-methyl/N-ethyl adjacent to an activating group) is 1. The zero-order valence-corrected chi connectivity index (χ0v) is 17.8. The quantitative estimate of drug-likeness (QED) is 0.532. The van der Waals surface area contributed by atoms with Crippen LogP contribution in [0.5, 0.6) is 0 Å². The summed E-state index contributed by atoms with van der Waals surface area (Å²) in [4.78, 5) is 18.1. The molecule has 7 nitrogen and oxygen atoms in total. The molecule has 0 atom stereocenters. The van der Waals surface area contributed by atoms with Crippen LogP contribution in [0.3, 0.4) is 0 Å². The number of halogens is 3. The van der Waals surface area contributed by atoms with Gasteiger partial charge < -0.3 is 15.5 Å². The van der Waals surface area contributed by atoms with Crippen LogP contribution < -0.4 is 10.6 Å². The lowest BCUT2D eigenvalue weighted by Gasteiger charge is -2.14. The van der Waals surface area contributed by atoms with Crippen LogP contribution in [0, 0.1) is 0 Å². The van der Waals surface area contributed by atoms with E-state index in [1.54, 1.807) is 48.3 Å². The molecule has 10 heteroatoms. The summed E-state index contributed by atoms with van der Waals surface area (Å²) in [5, 5.41) is 10.1. The maximum atomic E-state index is 13.0. The summed E-state index contributed by atoms with van der Waals surface area (Å²) in [6.45, 7) is 0.624. The molecule has 1 aromatic carbocycles. The van der Waals surface area contributed by atoms with Gasteiger partial charge in [0.2, 0.25) is 5.91 Å². The van der Waals surface area contributed by atoms with Crippen LogP contribution in [0.15, 0.2) is 60.9 Å². The zero-order valence-electron chi connectivity index (χ0n) is 17.8. The van der Waals surface area contributed by atoms with Crippen molar-refractivity contribution in [2.24, 2.45) is 7.05 Å². The number of pyridine rings is 1. The molecule has 3 rings (SSSR count). The first-order valence-corrected chi connectivity index (χ1v) is 9.68. The van der Waals surface area contributed by atoms with Crippen molar-refractivity contribution in [2.45, 2.75) is 6.18 Å². The molecule has 0 aliphatic carbocycles. The van der Waals surface area contributed by atoms with E-state index in [-0.39, 0.29) is 11.7 Å². The topological polar surface area (TPSA) is 75.1 Å². The van der Waals surface area contributed by atoms with E-state index in [1.807, 2.05) is 19.0 Å². The smallest absolute Gasteiger partial charge is 0.340 e. The van der Waals surface area contributed by atoms with Gasteiger partial charge in [-0.3, -0.25) is 9.48 Å². The molecule has 0 unspecified atom stereocenters. The number of carbonyl (C=O) groups excluding carboxylic acids is 1. The minimum Gasteiger partial charge on any atom is -0.340 e. The monoisotopic (exact) mass is 444 g/mol. The van der Waals surface area contributed by atoms with E-state index >= 15 is 0 Å². The van der Waals surface area contributed by atoms with Gasteiger partial charge in [0.05, 0.1) is 11.3 Å². The number of nitrogens with one attached hydrogen (secondary N) is 2. The van der Waals surface area contributed by atoms with Gasteiger partial charge in [0, 0.05) is 49.0 Å². The van der Waals surface area contributed by atoms with E-state index in [0.29, 0.717) is 29.2 Å². The highest BCUT2D eigenvalue weighted by atomic mass is 19.4. The number of hydrogen-bond donors (Lipinski definition) is 2. The van der Waals surface area contributed by atoms with E-state index in [4.69, 9.17) is 0 Å². The Kier molecular flexibility index (Phi) is 6.94. The van der Waals surface area contributed by atoms with Crippen molar-refractivity contribution >= 4 is 23.1 Å². The highest BCUT2D eigenvalue weighted by molar-refractivity contribution is 6.00. The number of benzene rings is 1. The van der Waals surface area contributed by atoms with E-state index < -0.39 is 11.7 Å². The van der Waals surface area contributed by atoms with Crippen LogP contribution in [-0.4, -0.2) is 46.2 Å².